The van der Waals surface area contributed by atoms with Gasteiger partial charge in [0.05, 0.1) is 23.7 Å². The number of amides is 3. The Balaban J connectivity index is 1.48. The first-order valence-corrected chi connectivity index (χ1v) is 11.4. The second-order valence-electron chi connectivity index (χ2n) is 9.13. The van der Waals surface area contributed by atoms with Crippen LogP contribution in [0.15, 0.2) is 48.5 Å². The first-order valence-electron chi connectivity index (χ1n) is 11.4. The molecule has 5 nitrogen and oxygen atoms in total. The zero-order valence-corrected chi connectivity index (χ0v) is 17.9. The van der Waals surface area contributed by atoms with E-state index >= 15 is 0 Å². The second kappa shape index (κ2) is 7.95. The minimum atomic E-state index is -0.297. The summed E-state index contributed by atoms with van der Waals surface area (Å²) in [5.74, 6) is 0.0644. The van der Waals surface area contributed by atoms with Crippen molar-refractivity contribution < 1.29 is 14.4 Å². The van der Waals surface area contributed by atoms with E-state index in [1.54, 1.807) is 24.3 Å². The molecule has 0 radical (unpaired) electrons. The molecular formula is C26H28N2O3. The van der Waals surface area contributed by atoms with Crippen molar-refractivity contribution in [2.24, 2.45) is 11.8 Å². The van der Waals surface area contributed by atoms with Crippen LogP contribution in [-0.4, -0.2) is 40.6 Å². The van der Waals surface area contributed by atoms with Gasteiger partial charge in [-0.1, -0.05) is 56.2 Å². The van der Waals surface area contributed by atoms with Crippen LogP contribution < -0.4 is 0 Å². The molecule has 3 aliphatic rings. The van der Waals surface area contributed by atoms with Gasteiger partial charge in [-0.15, -0.1) is 0 Å². The molecular weight excluding hydrogens is 388 g/mol. The molecule has 0 bridgehead atoms. The van der Waals surface area contributed by atoms with E-state index in [-0.39, 0.29) is 36.2 Å². The monoisotopic (exact) mass is 416 g/mol. The molecule has 3 amide bonds. The third-order valence-corrected chi connectivity index (χ3v) is 7.36. The van der Waals surface area contributed by atoms with Gasteiger partial charge in [0.25, 0.3) is 11.8 Å². The molecule has 1 aliphatic carbocycles. The Labute approximate surface area is 183 Å². The highest BCUT2D eigenvalue weighted by atomic mass is 16.2. The summed E-state index contributed by atoms with van der Waals surface area (Å²) in [6, 6.07) is 14.8. The average molecular weight is 417 g/mol. The first-order chi connectivity index (χ1) is 15.1. The molecule has 0 saturated heterocycles. The number of fused-ring (bicyclic) bond motifs is 2. The first kappa shape index (κ1) is 20.0. The molecule has 2 aliphatic heterocycles. The summed E-state index contributed by atoms with van der Waals surface area (Å²) >= 11 is 0. The van der Waals surface area contributed by atoms with Gasteiger partial charge in [-0.05, 0) is 48.4 Å². The summed E-state index contributed by atoms with van der Waals surface area (Å²) in [7, 11) is 0. The molecule has 2 heterocycles. The number of carbonyl (C=O) groups excluding carboxylic acids is 3. The van der Waals surface area contributed by atoms with E-state index in [1.807, 2.05) is 23.1 Å². The lowest BCUT2D eigenvalue weighted by Crippen LogP contribution is -2.49. The fourth-order valence-corrected chi connectivity index (χ4v) is 5.59. The number of rotatable bonds is 3. The zero-order valence-electron chi connectivity index (χ0n) is 17.9. The van der Waals surface area contributed by atoms with Crippen molar-refractivity contribution in [3.05, 3.63) is 70.8 Å². The highest BCUT2D eigenvalue weighted by Gasteiger charge is 2.42. The van der Waals surface area contributed by atoms with Gasteiger partial charge in [0.15, 0.2) is 0 Å². The third-order valence-electron chi connectivity index (χ3n) is 7.36. The van der Waals surface area contributed by atoms with Gasteiger partial charge in [-0.3, -0.25) is 19.3 Å². The average Bonchev–Trinajstić information content (AvgIpc) is 3.04. The highest BCUT2D eigenvalue weighted by Crippen LogP contribution is 2.37. The van der Waals surface area contributed by atoms with Crippen LogP contribution in [0.2, 0.25) is 0 Å². The van der Waals surface area contributed by atoms with Gasteiger partial charge in [0.2, 0.25) is 5.91 Å². The van der Waals surface area contributed by atoms with Gasteiger partial charge in [-0.2, -0.15) is 0 Å². The van der Waals surface area contributed by atoms with Crippen LogP contribution in [0, 0.1) is 11.8 Å². The molecule has 31 heavy (non-hydrogen) atoms. The quantitative estimate of drug-likeness (QED) is 0.704. The number of hydrogen-bond donors (Lipinski definition) is 0. The summed E-state index contributed by atoms with van der Waals surface area (Å²) in [6.45, 7) is 3.02. The maximum atomic E-state index is 13.7. The Bertz CT molecular complexity index is 1010. The van der Waals surface area contributed by atoms with Gasteiger partial charge in [0, 0.05) is 12.5 Å². The molecule has 5 rings (SSSR count). The molecule has 1 fully saturated rings. The van der Waals surface area contributed by atoms with Crippen molar-refractivity contribution in [2.75, 3.05) is 13.1 Å². The summed E-state index contributed by atoms with van der Waals surface area (Å²) in [4.78, 5) is 43.0. The summed E-state index contributed by atoms with van der Waals surface area (Å²) in [5, 5.41) is 0. The van der Waals surface area contributed by atoms with Gasteiger partial charge >= 0.3 is 0 Å². The largest absolute Gasteiger partial charge is 0.333 e. The van der Waals surface area contributed by atoms with Crippen LogP contribution in [-0.2, 0) is 11.2 Å². The van der Waals surface area contributed by atoms with E-state index in [2.05, 4.69) is 13.0 Å². The van der Waals surface area contributed by atoms with E-state index in [0.29, 0.717) is 23.6 Å². The highest BCUT2D eigenvalue weighted by molar-refractivity contribution is 6.21. The minimum absolute atomic E-state index is 0.0312. The Morgan fingerprint density at radius 1 is 0.935 bits per heavy atom. The van der Waals surface area contributed by atoms with Crippen LogP contribution in [0.5, 0.6) is 0 Å². The molecule has 2 aromatic rings. The molecule has 5 heteroatoms. The lowest BCUT2D eigenvalue weighted by atomic mass is 9.78. The number of hydrogen-bond acceptors (Lipinski definition) is 3. The van der Waals surface area contributed by atoms with Crippen molar-refractivity contribution >= 4 is 17.7 Å². The molecule has 2 aromatic carbocycles. The normalized spacial score (nSPS) is 25.4. The predicted molar refractivity (Wildman–Crippen MR) is 118 cm³/mol. The van der Waals surface area contributed by atoms with Gasteiger partial charge in [-0.25, -0.2) is 0 Å². The van der Waals surface area contributed by atoms with E-state index in [9.17, 15) is 14.4 Å². The number of nitrogens with zero attached hydrogens (tertiary/aromatic N) is 2. The molecule has 0 aromatic heterocycles. The summed E-state index contributed by atoms with van der Waals surface area (Å²) in [5.41, 5.74) is 3.16. The summed E-state index contributed by atoms with van der Waals surface area (Å²) in [6.07, 6.45) is 5.10. The molecule has 3 atom stereocenters. The second-order valence-corrected chi connectivity index (χ2v) is 9.13. The Morgan fingerprint density at radius 2 is 1.58 bits per heavy atom. The van der Waals surface area contributed by atoms with Crippen LogP contribution in [0.4, 0.5) is 0 Å². The SMILES string of the molecule is C[C@@H]1CCCCC1C(=O)N1CCc2ccccc2[C@H]1CN1C(=O)c2ccccc2C1=O. The van der Waals surface area contributed by atoms with Gasteiger partial charge < -0.3 is 4.90 Å². The van der Waals surface area contributed by atoms with Crippen molar-refractivity contribution in [3.63, 3.8) is 0 Å². The molecule has 0 spiro atoms. The van der Waals surface area contributed by atoms with Crippen LogP contribution in [0.1, 0.15) is 70.5 Å². The number of carbonyl (C=O) groups is 3. The molecule has 1 unspecified atom stereocenters. The fourth-order valence-electron chi connectivity index (χ4n) is 5.59. The number of imide groups is 1. The number of benzene rings is 2. The van der Waals surface area contributed by atoms with E-state index in [0.717, 1.165) is 31.2 Å². The molecule has 160 valence electrons. The standard InChI is InChI=1S/C26H28N2O3/c1-17-8-2-4-10-19(17)24(29)27-15-14-18-9-3-5-11-20(18)23(27)16-28-25(30)21-12-6-7-13-22(21)26(28)31/h3,5-7,9,11-13,17,19,23H,2,4,8,10,14-16H2,1H3/t17-,19?,23-/m1/s1. The predicted octanol–water partition coefficient (Wildman–Crippen LogP) is 4.23. The molecule has 0 N–H and O–H groups in total. The van der Waals surface area contributed by atoms with Gasteiger partial charge in [0.1, 0.15) is 0 Å². The van der Waals surface area contributed by atoms with Crippen molar-refractivity contribution in [3.8, 4) is 0 Å². The van der Waals surface area contributed by atoms with Crippen LogP contribution in [0.25, 0.3) is 0 Å². The lowest BCUT2D eigenvalue weighted by Gasteiger charge is -2.42. The Hall–Kier alpha value is -2.95. The third kappa shape index (κ3) is 3.36. The van der Waals surface area contributed by atoms with Crippen molar-refractivity contribution in [2.45, 2.75) is 45.1 Å². The Morgan fingerprint density at radius 3 is 2.29 bits per heavy atom. The smallest absolute Gasteiger partial charge is 0.261 e. The summed E-state index contributed by atoms with van der Waals surface area (Å²) < 4.78 is 0. The van der Waals surface area contributed by atoms with Crippen LogP contribution in [0.3, 0.4) is 0 Å². The topological polar surface area (TPSA) is 57.7 Å². The maximum absolute atomic E-state index is 13.7. The van der Waals surface area contributed by atoms with E-state index < -0.39 is 0 Å². The maximum Gasteiger partial charge on any atom is 0.261 e. The van der Waals surface area contributed by atoms with Crippen molar-refractivity contribution in [1.82, 2.24) is 9.80 Å². The van der Waals surface area contributed by atoms with E-state index in [1.165, 1.54) is 16.9 Å². The zero-order chi connectivity index (χ0) is 21.5. The lowest BCUT2D eigenvalue weighted by molar-refractivity contribution is -0.141. The van der Waals surface area contributed by atoms with E-state index in [4.69, 9.17) is 0 Å². The fraction of sp³-hybridized carbons (Fsp3) is 0.423. The van der Waals surface area contributed by atoms with Crippen molar-refractivity contribution in [1.29, 1.82) is 0 Å². The minimum Gasteiger partial charge on any atom is -0.333 e. The Kier molecular flexibility index (Phi) is 5.12. The molecule has 1 saturated carbocycles. The van der Waals surface area contributed by atoms with Crippen LogP contribution >= 0.6 is 0 Å².